The zero-order valence-electron chi connectivity index (χ0n) is 17.4. The smallest absolute Gasteiger partial charge is 0.795 e. The predicted octanol–water partition coefficient (Wildman–Crippen LogP) is 2.04. The molecule has 0 spiro atoms. The number of nitrogen functional groups attached to an aromatic ring is 1. The molecule has 0 atom stereocenters. The molecule has 0 aliphatic heterocycles. The number of alkyl halides is 3. The topological polar surface area (TPSA) is 104 Å². The van der Waals surface area contributed by atoms with Crippen LogP contribution in [0.15, 0.2) is 53.4 Å². The van der Waals surface area contributed by atoms with E-state index in [0.717, 1.165) is 12.1 Å². The summed E-state index contributed by atoms with van der Waals surface area (Å²) in [6.45, 7) is 0. The minimum Gasteiger partial charge on any atom is -0.795 e. The minimum absolute atomic E-state index is 0. The largest absolute Gasteiger partial charge is 1.00 e. The van der Waals surface area contributed by atoms with Gasteiger partial charge >= 0.3 is 35.7 Å². The maximum Gasteiger partial charge on any atom is 1.00 e. The van der Waals surface area contributed by atoms with Crippen molar-refractivity contribution in [3.8, 4) is 5.75 Å². The third-order valence-corrected chi connectivity index (χ3v) is 5.56. The van der Waals surface area contributed by atoms with Gasteiger partial charge in [0.1, 0.15) is 5.75 Å². The Kier molecular flexibility index (Phi) is 7.15. The number of hydrogen-bond donors (Lipinski definition) is 2. The van der Waals surface area contributed by atoms with Gasteiger partial charge in [0.25, 0.3) is 0 Å². The van der Waals surface area contributed by atoms with Gasteiger partial charge in [-0.2, -0.15) is 13.2 Å². The molecule has 0 aromatic heterocycles. The van der Waals surface area contributed by atoms with Crippen LogP contribution >= 0.6 is 12.0 Å². The van der Waals surface area contributed by atoms with Crippen LogP contribution < -0.4 is 45.3 Å². The van der Waals surface area contributed by atoms with E-state index in [4.69, 9.17) is 10.5 Å². The molecule has 0 saturated heterocycles. The second-order valence-electron chi connectivity index (χ2n) is 6.95. The Morgan fingerprint density at radius 2 is 1.61 bits per heavy atom. The number of methoxy groups -OCH3 is 1. The van der Waals surface area contributed by atoms with Crippen molar-refractivity contribution in [2.45, 2.75) is 11.1 Å². The van der Waals surface area contributed by atoms with Crippen molar-refractivity contribution in [3.63, 3.8) is 0 Å². The maximum absolute atomic E-state index is 13.3. The molecule has 0 fully saturated rings. The van der Waals surface area contributed by atoms with Crippen LogP contribution in [0.3, 0.4) is 0 Å². The van der Waals surface area contributed by atoms with Crippen LogP contribution in [-0.2, 0) is 6.18 Å². The molecule has 33 heavy (non-hydrogen) atoms. The summed E-state index contributed by atoms with van der Waals surface area (Å²) < 4.78 is 56.5. The van der Waals surface area contributed by atoms with E-state index in [1.54, 1.807) is 12.1 Å². The summed E-state index contributed by atoms with van der Waals surface area (Å²) >= 11 is 0.00939. The van der Waals surface area contributed by atoms with Gasteiger partial charge in [-0.3, -0.25) is 9.59 Å². The van der Waals surface area contributed by atoms with Crippen molar-refractivity contribution in [2.24, 2.45) is 0 Å². The molecule has 1 aliphatic rings. The van der Waals surface area contributed by atoms with E-state index in [1.165, 1.54) is 31.4 Å². The molecular formula is C22H14F3N2NaO4S. The summed E-state index contributed by atoms with van der Waals surface area (Å²) in [5.74, 6) is -1.16. The number of hydrogen-bond acceptors (Lipinski definition) is 7. The maximum atomic E-state index is 13.3. The molecule has 1 aliphatic carbocycles. The van der Waals surface area contributed by atoms with Crippen LogP contribution in [0.4, 0.5) is 30.2 Å². The van der Waals surface area contributed by atoms with Crippen LogP contribution in [0.1, 0.15) is 37.4 Å². The molecule has 0 amide bonds. The number of carbonyl (C=O) groups is 2. The fourth-order valence-electron chi connectivity index (χ4n) is 3.57. The minimum atomic E-state index is -4.65. The summed E-state index contributed by atoms with van der Waals surface area (Å²) in [5.41, 5.74) is 4.83. The van der Waals surface area contributed by atoms with Crippen molar-refractivity contribution in [1.29, 1.82) is 0 Å². The third-order valence-electron chi connectivity index (χ3n) is 5.04. The Morgan fingerprint density at radius 3 is 2.15 bits per heavy atom. The second-order valence-corrected chi connectivity index (χ2v) is 7.55. The average Bonchev–Trinajstić information content (AvgIpc) is 2.77. The van der Waals surface area contributed by atoms with Crippen LogP contribution in [-0.4, -0.2) is 23.2 Å². The second kappa shape index (κ2) is 9.40. The Bertz CT molecular complexity index is 1280. The van der Waals surface area contributed by atoms with E-state index in [9.17, 15) is 27.3 Å². The third kappa shape index (κ3) is 4.49. The summed E-state index contributed by atoms with van der Waals surface area (Å²) in [7, 11) is 1.22. The Morgan fingerprint density at radius 1 is 1.00 bits per heavy atom. The van der Waals surface area contributed by atoms with E-state index in [-0.39, 0.29) is 91.6 Å². The SMILES string of the molecule is COc1cc(Nc2cc(S[O-])c(N)c3c2C(=O)c2ccccc2C3=O)cc(C(F)(F)F)c1.[Na+]. The first-order valence-electron chi connectivity index (χ1n) is 9.13. The molecule has 0 heterocycles. The van der Waals surface area contributed by atoms with Crippen LogP contribution in [0.5, 0.6) is 5.75 Å². The van der Waals surface area contributed by atoms with Gasteiger partial charge in [0.15, 0.2) is 11.6 Å². The number of nitrogens with two attached hydrogens (primary N) is 1. The first-order valence-corrected chi connectivity index (χ1v) is 9.88. The molecule has 3 N–H and O–H groups in total. The van der Waals surface area contributed by atoms with Crippen molar-refractivity contribution < 1.29 is 61.6 Å². The molecule has 0 saturated carbocycles. The molecule has 0 bridgehead atoms. The molecular weight excluding hydrogens is 468 g/mol. The molecule has 0 unspecified atom stereocenters. The summed E-state index contributed by atoms with van der Waals surface area (Å²) in [4.78, 5) is 26.3. The van der Waals surface area contributed by atoms with Gasteiger partial charge in [-0.25, -0.2) is 12.0 Å². The number of nitrogens with one attached hydrogen (secondary N) is 1. The Labute approximate surface area is 212 Å². The van der Waals surface area contributed by atoms with Gasteiger partial charge in [0.2, 0.25) is 0 Å². The van der Waals surface area contributed by atoms with Gasteiger partial charge in [0, 0.05) is 27.8 Å². The van der Waals surface area contributed by atoms with E-state index in [2.05, 4.69) is 5.32 Å². The zero-order valence-corrected chi connectivity index (χ0v) is 20.2. The number of anilines is 3. The fourth-order valence-corrected chi connectivity index (χ4v) is 3.93. The predicted molar refractivity (Wildman–Crippen MR) is 112 cm³/mol. The molecule has 164 valence electrons. The van der Waals surface area contributed by atoms with Crippen LogP contribution in [0, 0.1) is 0 Å². The van der Waals surface area contributed by atoms with Crippen LogP contribution in [0.2, 0.25) is 0 Å². The molecule has 6 nitrogen and oxygen atoms in total. The molecule has 0 radical (unpaired) electrons. The first kappa shape index (κ1) is 25.1. The van der Waals surface area contributed by atoms with Gasteiger partial charge < -0.3 is 20.3 Å². The number of carbonyl (C=O) groups excluding carboxylic acids is 2. The Balaban J connectivity index is 0.00000306. The van der Waals surface area contributed by atoms with Crippen molar-refractivity contribution in [3.05, 3.63) is 76.3 Å². The summed E-state index contributed by atoms with van der Waals surface area (Å²) in [6, 6.07) is 10.3. The normalized spacial score (nSPS) is 12.5. The number of ether oxygens (including phenoxy) is 1. The molecule has 4 rings (SSSR count). The standard InChI is InChI=1S/C22H15F3N2O4S.Na/c1-31-12-7-10(22(23,24)25)6-11(8-12)27-15-9-16(32-30)19(26)18-17(15)20(28)13-4-2-3-5-14(13)21(18)29;/h2-9,27,30H,26H2,1H3;/q;+1/p-1. The monoisotopic (exact) mass is 482 g/mol. The van der Waals surface area contributed by atoms with Crippen molar-refractivity contribution in [1.82, 2.24) is 0 Å². The Hall–Kier alpha value is -2.50. The van der Waals surface area contributed by atoms with Crippen LogP contribution in [0.25, 0.3) is 0 Å². The number of ketones is 2. The number of fused-ring (bicyclic) bond motifs is 2. The fraction of sp³-hybridized carbons (Fsp3) is 0.0909. The zero-order chi connectivity index (χ0) is 23.2. The van der Waals surface area contributed by atoms with E-state index < -0.39 is 23.3 Å². The van der Waals surface area contributed by atoms with E-state index in [0.29, 0.717) is 0 Å². The van der Waals surface area contributed by atoms with E-state index >= 15 is 0 Å². The molecule has 3 aromatic rings. The molecule has 11 heteroatoms. The number of halogens is 3. The van der Waals surface area contributed by atoms with Gasteiger partial charge in [-0.15, -0.1) is 0 Å². The first-order chi connectivity index (χ1) is 15.2. The number of benzene rings is 3. The van der Waals surface area contributed by atoms with Gasteiger partial charge in [0.05, 0.1) is 35.2 Å². The van der Waals surface area contributed by atoms with E-state index in [1.807, 2.05) is 0 Å². The summed E-state index contributed by atoms with van der Waals surface area (Å²) in [5, 5.41) is 2.74. The quantitative estimate of drug-likeness (QED) is 0.261. The average molecular weight is 482 g/mol. The summed E-state index contributed by atoms with van der Waals surface area (Å²) in [6.07, 6.45) is -4.65. The van der Waals surface area contributed by atoms with Crippen molar-refractivity contribution >= 4 is 40.7 Å². The number of rotatable bonds is 4. The van der Waals surface area contributed by atoms with Gasteiger partial charge in [-0.05, 0) is 18.2 Å². The molecule has 3 aromatic carbocycles. The van der Waals surface area contributed by atoms with Crippen molar-refractivity contribution in [2.75, 3.05) is 18.2 Å². The van der Waals surface area contributed by atoms with Gasteiger partial charge in [-0.1, -0.05) is 24.3 Å².